The van der Waals surface area contributed by atoms with E-state index < -0.39 is 11.9 Å². The van der Waals surface area contributed by atoms with E-state index in [-0.39, 0.29) is 5.92 Å². The lowest BCUT2D eigenvalue weighted by Crippen LogP contribution is -2.36. The minimum atomic E-state index is -0.648. The predicted octanol–water partition coefficient (Wildman–Crippen LogP) is 6.49. The van der Waals surface area contributed by atoms with Crippen molar-refractivity contribution in [1.82, 2.24) is 9.80 Å². The van der Waals surface area contributed by atoms with Crippen molar-refractivity contribution in [2.45, 2.75) is 108 Å². The largest absolute Gasteiger partial charge is 0.481 e. The number of hydrogen-bond donors (Lipinski definition) is 2. The van der Waals surface area contributed by atoms with Gasteiger partial charge in [0, 0.05) is 6.42 Å². The molecule has 2 N–H and O–H groups in total. The molecule has 0 unspecified atom stereocenters. The fraction of sp³-hybridized carbons (Fsp3) is 0.923. The minimum absolute atomic E-state index is 0.0851. The summed E-state index contributed by atoms with van der Waals surface area (Å²) in [6.45, 7) is 26.6. The van der Waals surface area contributed by atoms with E-state index in [0.717, 1.165) is 71.4 Å². The molecule has 0 atom stereocenters. The maximum absolute atomic E-state index is 10.6. The van der Waals surface area contributed by atoms with E-state index >= 15 is 0 Å². The van der Waals surface area contributed by atoms with Crippen LogP contribution in [0.25, 0.3) is 0 Å². The fourth-order valence-electron chi connectivity index (χ4n) is 3.47. The Morgan fingerprint density at radius 1 is 0.719 bits per heavy atom. The van der Waals surface area contributed by atoms with E-state index in [1.54, 1.807) is 0 Å². The first-order chi connectivity index (χ1) is 15.5. The Balaban J connectivity index is -0.000000187. The number of rotatable bonds is 6. The second-order valence-electron chi connectivity index (χ2n) is 6.93. The molecule has 0 saturated carbocycles. The van der Waals surface area contributed by atoms with Crippen molar-refractivity contribution in [3.05, 3.63) is 0 Å². The molecule has 0 radical (unpaired) electrons. The molecule has 2 aliphatic rings. The highest BCUT2D eigenvalue weighted by Gasteiger charge is 2.23. The molecule has 2 fully saturated rings. The number of piperidine rings is 2. The molecule has 0 aromatic heterocycles. The van der Waals surface area contributed by atoms with E-state index in [0.29, 0.717) is 12.3 Å². The van der Waals surface area contributed by atoms with E-state index in [2.05, 4.69) is 23.6 Å². The standard InChI is InChI=1S/2C9H17NO2.4C2H6/c1-2-10-5-3-8(4-6-10)7-9(11)12;1-2-5-10-6-3-8(4-7-10)9(11)12;4*1-2/h2*8H,2-7H2,1H3,(H,11,12);4*1-2H3. The molecular weight excluding hydrogens is 404 g/mol. The van der Waals surface area contributed by atoms with Crippen LogP contribution in [0, 0.1) is 11.8 Å². The normalized spacial score (nSPS) is 16.6. The van der Waals surface area contributed by atoms with Crippen molar-refractivity contribution in [3.8, 4) is 0 Å². The van der Waals surface area contributed by atoms with Crippen molar-refractivity contribution in [2.75, 3.05) is 39.3 Å². The Kier molecular flexibility index (Phi) is 35.6. The van der Waals surface area contributed by atoms with Crippen LogP contribution < -0.4 is 0 Å². The summed E-state index contributed by atoms with van der Waals surface area (Å²) in [5.41, 5.74) is 0. The first-order valence-corrected chi connectivity index (χ1v) is 13.4. The number of carboxylic acid groups (broad SMARTS) is 2. The van der Waals surface area contributed by atoms with Gasteiger partial charge in [0.25, 0.3) is 0 Å². The molecule has 2 aliphatic heterocycles. The van der Waals surface area contributed by atoms with Crippen molar-refractivity contribution in [3.63, 3.8) is 0 Å². The zero-order chi connectivity index (χ0) is 25.9. The third-order valence-corrected chi connectivity index (χ3v) is 5.09. The topological polar surface area (TPSA) is 81.1 Å². The van der Waals surface area contributed by atoms with Gasteiger partial charge in [-0.2, -0.15) is 0 Å². The zero-order valence-corrected chi connectivity index (χ0v) is 23.2. The summed E-state index contributed by atoms with van der Waals surface area (Å²) in [6.07, 6.45) is 5.29. The number of aliphatic carboxylic acids is 2. The number of carboxylic acids is 2. The fourth-order valence-corrected chi connectivity index (χ4v) is 3.47. The van der Waals surface area contributed by atoms with Crippen molar-refractivity contribution >= 4 is 11.9 Å². The van der Waals surface area contributed by atoms with Gasteiger partial charge in [0.15, 0.2) is 0 Å². The van der Waals surface area contributed by atoms with Gasteiger partial charge in [-0.1, -0.05) is 69.2 Å². The van der Waals surface area contributed by atoms with Crippen LogP contribution >= 0.6 is 0 Å². The Morgan fingerprint density at radius 3 is 1.44 bits per heavy atom. The Hall–Kier alpha value is -1.14. The highest BCUT2D eigenvalue weighted by Crippen LogP contribution is 2.19. The number of hydrogen-bond acceptors (Lipinski definition) is 4. The highest BCUT2D eigenvalue weighted by atomic mass is 16.4. The van der Waals surface area contributed by atoms with Crippen LogP contribution in [0.15, 0.2) is 0 Å². The quantitative estimate of drug-likeness (QED) is 0.469. The first kappa shape index (κ1) is 38.1. The van der Waals surface area contributed by atoms with E-state index in [1.807, 2.05) is 55.4 Å². The van der Waals surface area contributed by atoms with Crippen LogP contribution in [0.2, 0.25) is 0 Å². The average Bonchev–Trinajstić information content (AvgIpc) is 2.85. The van der Waals surface area contributed by atoms with Gasteiger partial charge < -0.3 is 20.0 Å². The maximum Gasteiger partial charge on any atom is 0.306 e. The van der Waals surface area contributed by atoms with Gasteiger partial charge in [0.1, 0.15) is 0 Å². The number of likely N-dealkylation sites (tertiary alicyclic amines) is 2. The Morgan fingerprint density at radius 2 is 1.12 bits per heavy atom. The van der Waals surface area contributed by atoms with Crippen LogP contribution in [-0.2, 0) is 9.59 Å². The van der Waals surface area contributed by atoms with Crippen LogP contribution in [0.1, 0.15) is 108 Å². The third kappa shape index (κ3) is 22.1. The Labute approximate surface area is 200 Å². The summed E-state index contributed by atoms with van der Waals surface area (Å²) < 4.78 is 0. The first-order valence-electron chi connectivity index (χ1n) is 13.4. The van der Waals surface area contributed by atoms with Crippen LogP contribution in [-0.4, -0.2) is 71.2 Å². The molecular formula is C26H58N2O4. The molecule has 0 aromatic rings. The summed E-state index contributed by atoms with van der Waals surface area (Å²) in [6, 6.07) is 0. The molecule has 2 rings (SSSR count). The third-order valence-electron chi connectivity index (χ3n) is 5.09. The van der Waals surface area contributed by atoms with Gasteiger partial charge in [0.2, 0.25) is 0 Å². The second-order valence-corrected chi connectivity index (χ2v) is 6.93. The molecule has 0 spiro atoms. The molecule has 0 amide bonds. The number of carbonyl (C=O) groups is 2. The van der Waals surface area contributed by atoms with Gasteiger partial charge >= 0.3 is 11.9 Å². The Bertz CT molecular complexity index is 376. The molecule has 0 bridgehead atoms. The predicted molar refractivity (Wildman–Crippen MR) is 140 cm³/mol. The summed E-state index contributed by atoms with van der Waals surface area (Å²) in [7, 11) is 0. The molecule has 0 aliphatic carbocycles. The van der Waals surface area contributed by atoms with E-state index in [9.17, 15) is 9.59 Å². The summed E-state index contributed by atoms with van der Waals surface area (Å²) in [4.78, 5) is 25.7. The lowest BCUT2D eigenvalue weighted by atomic mass is 9.94. The SMILES string of the molecule is CC.CC.CC.CC.CCCN1CCC(C(=O)O)CC1.CCN1CCC(CC(=O)O)CC1. The van der Waals surface area contributed by atoms with E-state index in [1.165, 1.54) is 0 Å². The van der Waals surface area contributed by atoms with Crippen molar-refractivity contribution in [1.29, 1.82) is 0 Å². The van der Waals surface area contributed by atoms with Crippen molar-refractivity contribution in [2.24, 2.45) is 11.8 Å². The average molecular weight is 463 g/mol. The lowest BCUT2D eigenvalue weighted by Gasteiger charge is -2.30. The van der Waals surface area contributed by atoms with Crippen molar-refractivity contribution < 1.29 is 19.8 Å². The van der Waals surface area contributed by atoms with Gasteiger partial charge in [-0.05, 0) is 77.3 Å². The van der Waals surface area contributed by atoms with Gasteiger partial charge in [-0.3, -0.25) is 9.59 Å². The monoisotopic (exact) mass is 462 g/mol. The second kappa shape index (κ2) is 29.9. The minimum Gasteiger partial charge on any atom is -0.481 e. The van der Waals surface area contributed by atoms with Gasteiger partial charge in [-0.15, -0.1) is 0 Å². The van der Waals surface area contributed by atoms with Crippen LogP contribution in [0.4, 0.5) is 0 Å². The summed E-state index contributed by atoms with van der Waals surface area (Å²) in [5, 5.41) is 17.3. The highest BCUT2D eigenvalue weighted by molar-refractivity contribution is 5.70. The molecule has 196 valence electrons. The van der Waals surface area contributed by atoms with E-state index in [4.69, 9.17) is 10.2 Å². The van der Waals surface area contributed by atoms with Gasteiger partial charge in [-0.25, -0.2) is 0 Å². The molecule has 6 heteroatoms. The molecule has 2 saturated heterocycles. The maximum atomic E-state index is 10.6. The van der Waals surface area contributed by atoms with Gasteiger partial charge in [0.05, 0.1) is 5.92 Å². The molecule has 2 heterocycles. The number of nitrogens with zero attached hydrogens (tertiary/aromatic N) is 2. The molecule has 0 aromatic carbocycles. The van der Waals surface area contributed by atoms with Crippen LogP contribution in [0.5, 0.6) is 0 Å². The molecule has 6 nitrogen and oxygen atoms in total. The van der Waals surface area contributed by atoms with Crippen LogP contribution in [0.3, 0.4) is 0 Å². The zero-order valence-electron chi connectivity index (χ0n) is 23.2. The summed E-state index contributed by atoms with van der Waals surface area (Å²) in [5.74, 6) is -0.931. The smallest absolute Gasteiger partial charge is 0.306 e. The lowest BCUT2D eigenvalue weighted by molar-refractivity contribution is -0.143. The molecule has 32 heavy (non-hydrogen) atoms. The summed E-state index contributed by atoms with van der Waals surface area (Å²) >= 11 is 0.